The summed E-state index contributed by atoms with van der Waals surface area (Å²) in [5.74, 6) is -0.971. The molecule has 0 radical (unpaired) electrons. The van der Waals surface area contributed by atoms with Crippen LogP contribution in [0.1, 0.15) is 16.1 Å². The molecule has 6 nitrogen and oxygen atoms in total. The monoisotopic (exact) mass is 286 g/mol. The number of hydrogen-bond acceptors (Lipinski definition) is 4. The van der Waals surface area contributed by atoms with Crippen molar-refractivity contribution in [3.8, 4) is 5.75 Å². The molecule has 0 unspecified atom stereocenters. The van der Waals surface area contributed by atoms with Crippen molar-refractivity contribution in [1.29, 1.82) is 0 Å². The van der Waals surface area contributed by atoms with Gasteiger partial charge in [0.25, 0.3) is 0 Å². The van der Waals surface area contributed by atoms with E-state index >= 15 is 0 Å². The van der Waals surface area contributed by atoms with Crippen molar-refractivity contribution >= 4 is 17.6 Å². The summed E-state index contributed by atoms with van der Waals surface area (Å²) < 4.78 is 5.11. The number of ether oxygens (including phenoxy) is 1. The number of rotatable bonds is 5. The molecule has 0 saturated carbocycles. The van der Waals surface area contributed by atoms with Gasteiger partial charge in [-0.05, 0) is 30.3 Å². The Bertz CT molecular complexity index is 656. The number of hydrogen-bond donors (Lipinski definition) is 2. The second kappa shape index (κ2) is 6.51. The van der Waals surface area contributed by atoms with Gasteiger partial charge in [-0.25, -0.2) is 4.79 Å². The van der Waals surface area contributed by atoms with Gasteiger partial charge in [0.05, 0.1) is 24.8 Å². The SMILES string of the molecule is COc1ccc(C(=O)O)cc1NC(=O)Cc1ccccn1. The van der Waals surface area contributed by atoms with Crippen molar-refractivity contribution in [3.05, 3.63) is 53.9 Å². The zero-order valence-electron chi connectivity index (χ0n) is 11.4. The molecule has 0 bridgehead atoms. The number of carboxylic acids is 1. The highest BCUT2D eigenvalue weighted by Gasteiger charge is 2.12. The van der Waals surface area contributed by atoms with Crippen molar-refractivity contribution in [2.24, 2.45) is 0 Å². The first-order valence-corrected chi connectivity index (χ1v) is 6.21. The molecule has 0 spiro atoms. The number of anilines is 1. The molecular formula is C15H14N2O4. The predicted octanol–water partition coefficient (Wildman–Crippen LogP) is 1.97. The Morgan fingerprint density at radius 3 is 2.71 bits per heavy atom. The molecule has 1 aromatic carbocycles. The summed E-state index contributed by atoms with van der Waals surface area (Å²) in [4.78, 5) is 27.0. The Hall–Kier alpha value is -2.89. The number of aromatic carboxylic acids is 1. The number of amides is 1. The van der Waals surface area contributed by atoms with Crippen LogP contribution in [0.2, 0.25) is 0 Å². The molecule has 1 heterocycles. The smallest absolute Gasteiger partial charge is 0.335 e. The zero-order chi connectivity index (χ0) is 15.2. The van der Waals surface area contributed by atoms with Crippen LogP contribution in [0.4, 0.5) is 5.69 Å². The van der Waals surface area contributed by atoms with E-state index in [1.807, 2.05) is 0 Å². The fourth-order valence-electron chi connectivity index (χ4n) is 1.80. The molecule has 0 aliphatic rings. The molecule has 1 amide bonds. The van der Waals surface area contributed by atoms with Crippen LogP contribution in [-0.4, -0.2) is 29.1 Å². The summed E-state index contributed by atoms with van der Waals surface area (Å²) >= 11 is 0. The van der Waals surface area contributed by atoms with Crippen molar-refractivity contribution in [2.45, 2.75) is 6.42 Å². The van der Waals surface area contributed by atoms with Gasteiger partial charge in [-0.15, -0.1) is 0 Å². The van der Waals surface area contributed by atoms with Crippen LogP contribution in [0.25, 0.3) is 0 Å². The van der Waals surface area contributed by atoms with Crippen molar-refractivity contribution in [1.82, 2.24) is 4.98 Å². The van der Waals surface area contributed by atoms with E-state index in [0.29, 0.717) is 17.1 Å². The summed E-state index contributed by atoms with van der Waals surface area (Å²) in [7, 11) is 1.45. The van der Waals surface area contributed by atoms with E-state index in [-0.39, 0.29) is 17.9 Å². The summed E-state index contributed by atoms with van der Waals surface area (Å²) in [5, 5.41) is 11.6. The predicted molar refractivity (Wildman–Crippen MR) is 76.5 cm³/mol. The number of carboxylic acid groups (broad SMARTS) is 1. The number of carbonyl (C=O) groups excluding carboxylic acids is 1. The fraction of sp³-hybridized carbons (Fsp3) is 0.133. The highest BCUT2D eigenvalue weighted by Crippen LogP contribution is 2.25. The highest BCUT2D eigenvalue weighted by molar-refractivity contribution is 5.96. The number of benzene rings is 1. The van der Waals surface area contributed by atoms with Crippen LogP contribution in [-0.2, 0) is 11.2 Å². The average molecular weight is 286 g/mol. The highest BCUT2D eigenvalue weighted by atomic mass is 16.5. The van der Waals surface area contributed by atoms with E-state index in [1.54, 1.807) is 24.4 Å². The second-order valence-electron chi connectivity index (χ2n) is 4.27. The number of methoxy groups -OCH3 is 1. The number of pyridine rings is 1. The Kier molecular flexibility index (Phi) is 4.50. The van der Waals surface area contributed by atoms with Crippen LogP contribution < -0.4 is 10.1 Å². The lowest BCUT2D eigenvalue weighted by Gasteiger charge is -2.10. The largest absolute Gasteiger partial charge is 0.495 e. The molecular weight excluding hydrogens is 272 g/mol. The summed E-state index contributed by atoms with van der Waals surface area (Å²) in [5.41, 5.74) is 1.02. The van der Waals surface area contributed by atoms with Crippen LogP contribution >= 0.6 is 0 Å². The maximum absolute atomic E-state index is 12.0. The average Bonchev–Trinajstić information content (AvgIpc) is 2.48. The topological polar surface area (TPSA) is 88.5 Å². The maximum atomic E-state index is 12.0. The van der Waals surface area contributed by atoms with Crippen molar-refractivity contribution in [3.63, 3.8) is 0 Å². The second-order valence-corrected chi connectivity index (χ2v) is 4.27. The molecule has 0 aliphatic heterocycles. The van der Waals surface area contributed by atoms with E-state index in [0.717, 1.165) is 0 Å². The first-order valence-electron chi connectivity index (χ1n) is 6.21. The molecule has 2 N–H and O–H groups in total. The standard InChI is InChI=1S/C15H14N2O4/c1-21-13-6-5-10(15(19)20)8-12(13)17-14(18)9-11-4-2-3-7-16-11/h2-8H,9H2,1H3,(H,17,18)(H,19,20). The van der Waals surface area contributed by atoms with Gasteiger partial charge in [0, 0.05) is 11.9 Å². The Morgan fingerprint density at radius 1 is 1.29 bits per heavy atom. The molecule has 0 atom stereocenters. The lowest BCUT2D eigenvalue weighted by atomic mass is 10.1. The molecule has 0 saturated heterocycles. The first-order chi connectivity index (χ1) is 10.1. The quantitative estimate of drug-likeness (QED) is 0.877. The Labute approximate surface area is 121 Å². The van der Waals surface area contributed by atoms with Gasteiger partial charge in [0.2, 0.25) is 5.91 Å². The first kappa shape index (κ1) is 14.5. The summed E-state index contributed by atoms with van der Waals surface area (Å²) in [6.07, 6.45) is 1.70. The minimum Gasteiger partial charge on any atom is -0.495 e. The summed E-state index contributed by atoms with van der Waals surface area (Å²) in [6.45, 7) is 0. The summed E-state index contributed by atoms with van der Waals surface area (Å²) in [6, 6.07) is 9.57. The lowest BCUT2D eigenvalue weighted by molar-refractivity contribution is -0.115. The van der Waals surface area contributed by atoms with Gasteiger partial charge in [-0.1, -0.05) is 6.07 Å². The van der Waals surface area contributed by atoms with Crippen LogP contribution in [0, 0.1) is 0 Å². The maximum Gasteiger partial charge on any atom is 0.335 e. The van der Waals surface area contributed by atoms with Crippen molar-refractivity contribution in [2.75, 3.05) is 12.4 Å². The molecule has 0 fully saturated rings. The van der Waals surface area contributed by atoms with Crippen LogP contribution in [0.5, 0.6) is 5.75 Å². The number of carbonyl (C=O) groups is 2. The zero-order valence-corrected chi connectivity index (χ0v) is 11.4. The lowest BCUT2D eigenvalue weighted by Crippen LogP contribution is -2.16. The van der Waals surface area contributed by atoms with E-state index in [1.165, 1.54) is 25.3 Å². The van der Waals surface area contributed by atoms with Gasteiger partial charge in [-0.3, -0.25) is 9.78 Å². The van der Waals surface area contributed by atoms with Gasteiger partial charge in [0.15, 0.2) is 0 Å². The molecule has 6 heteroatoms. The molecule has 21 heavy (non-hydrogen) atoms. The third-order valence-corrected chi connectivity index (χ3v) is 2.79. The van der Waals surface area contributed by atoms with Crippen molar-refractivity contribution < 1.29 is 19.4 Å². The van der Waals surface area contributed by atoms with E-state index in [2.05, 4.69) is 10.3 Å². The van der Waals surface area contributed by atoms with E-state index in [4.69, 9.17) is 9.84 Å². The van der Waals surface area contributed by atoms with Crippen LogP contribution in [0.15, 0.2) is 42.6 Å². The fourth-order valence-corrected chi connectivity index (χ4v) is 1.80. The minimum atomic E-state index is -1.07. The Balaban J connectivity index is 2.16. The van der Waals surface area contributed by atoms with Crippen LogP contribution in [0.3, 0.4) is 0 Å². The van der Waals surface area contributed by atoms with E-state index in [9.17, 15) is 9.59 Å². The number of nitrogens with one attached hydrogen (secondary N) is 1. The minimum absolute atomic E-state index is 0.0731. The normalized spacial score (nSPS) is 9.95. The Morgan fingerprint density at radius 2 is 2.10 bits per heavy atom. The molecule has 108 valence electrons. The van der Waals surface area contributed by atoms with Gasteiger partial charge >= 0.3 is 5.97 Å². The van der Waals surface area contributed by atoms with Gasteiger partial charge in [-0.2, -0.15) is 0 Å². The van der Waals surface area contributed by atoms with Gasteiger partial charge in [0.1, 0.15) is 5.75 Å². The third kappa shape index (κ3) is 3.79. The number of nitrogens with zero attached hydrogens (tertiary/aromatic N) is 1. The van der Waals surface area contributed by atoms with Gasteiger partial charge < -0.3 is 15.2 Å². The molecule has 1 aromatic heterocycles. The number of aromatic nitrogens is 1. The van der Waals surface area contributed by atoms with E-state index < -0.39 is 5.97 Å². The molecule has 2 aromatic rings. The molecule has 2 rings (SSSR count). The third-order valence-electron chi connectivity index (χ3n) is 2.79. The molecule has 0 aliphatic carbocycles.